The van der Waals surface area contributed by atoms with Crippen LogP contribution in [0, 0.1) is 0 Å². The quantitative estimate of drug-likeness (QED) is 0.211. The van der Waals surface area contributed by atoms with Crippen LogP contribution < -0.4 is 0 Å². The van der Waals surface area contributed by atoms with Gasteiger partial charge in [-0.1, -0.05) is 31.9 Å². The number of hydrogen-bond acceptors (Lipinski definition) is 0. The van der Waals surface area contributed by atoms with Crippen LogP contribution in [0.4, 0.5) is 43.9 Å². The fourth-order valence-corrected chi connectivity index (χ4v) is 0. The van der Waals surface area contributed by atoms with Crippen molar-refractivity contribution in [1.82, 2.24) is 0 Å². The molecule has 0 nitrogen and oxygen atoms in total. The van der Waals surface area contributed by atoms with E-state index in [-0.39, 0.29) is 5.33 Å². The van der Waals surface area contributed by atoms with Gasteiger partial charge in [0.25, 0.3) is 0 Å². The van der Waals surface area contributed by atoms with E-state index in [0.29, 0.717) is 0 Å². The van der Waals surface area contributed by atoms with Crippen LogP contribution in [0.15, 0.2) is 0 Å². The topological polar surface area (TPSA) is 0 Å². The van der Waals surface area contributed by atoms with Gasteiger partial charge < -0.3 is 0 Å². The fraction of sp³-hybridized carbons (Fsp3) is 1.00. The molecule has 24 heavy (non-hydrogen) atoms. The maximum Gasteiger partial charge on any atom is 0.402 e. The highest BCUT2D eigenvalue weighted by molar-refractivity contribution is 9.12. The number of hydrogen-bond donors (Lipinski definition) is 0. The summed E-state index contributed by atoms with van der Waals surface area (Å²) in [4.78, 5) is -2.73. The molecule has 0 spiro atoms. The molecule has 0 heterocycles. The summed E-state index contributed by atoms with van der Waals surface area (Å²) in [6.45, 7) is 0. The van der Waals surface area contributed by atoms with Gasteiger partial charge in [-0.3, -0.25) is 0 Å². The first kappa shape index (κ1) is 33.2. The molecule has 0 aromatic heterocycles. The number of alkyl halides is 16. The Morgan fingerprint density at radius 3 is 0.792 bits per heavy atom. The van der Waals surface area contributed by atoms with Crippen molar-refractivity contribution in [2.75, 3.05) is 22.4 Å². The summed E-state index contributed by atoms with van der Waals surface area (Å²) in [6, 6.07) is 0. The maximum absolute atomic E-state index is 11.3. The van der Waals surface area contributed by atoms with Crippen molar-refractivity contribution in [3.8, 4) is 0 Å². The molecule has 0 bridgehead atoms. The average Bonchev–Trinajstić information content (AvgIpc) is 2.37. The normalized spacial score (nSPS) is 12.0. The second-order valence-corrected chi connectivity index (χ2v) is 6.36. The van der Waals surface area contributed by atoms with Gasteiger partial charge in [-0.05, 0) is 27.5 Å². The molecule has 0 aromatic carbocycles. The van der Waals surface area contributed by atoms with Gasteiger partial charge >= 0.3 is 22.6 Å². The van der Waals surface area contributed by atoms with Gasteiger partial charge in [-0.15, -0.1) is 23.2 Å². The zero-order valence-electron chi connectivity index (χ0n) is 10.9. The van der Waals surface area contributed by atoms with E-state index in [0.717, 1.165) is 0 Å². The minimum absolute atomic E-state index is 0.333. The van der Waals surface area contributed by atoms with Gasteiger partial charge in [0.05, 0.1) is 10.7 Å². The smallest absolute Gasteiger partial charge is 0.193 e. The molecule has 0 amide bonds. The van der Waals surface area contributed by atoms with Gasteiger partial charge in [0.15, 0.2) is 0 Å². The molecule has 0 aromatic rings. The minimum atomic E-state index is -4.19. The van der Waals surface area contributed by atoms with Gasteiger partial charge in [-0.25, -0.2) is 0 Å². The lowest BCUT2D eigenvalue weighted by Gasteiger charge is -1.97. The summed E-state index contributed by atoms with van der Waals surface area (Å²) in [6.07, 6.45) is -8.23. The van der Waals surface area contributed by atoms with Crippen molar-refractivity contribution in [1.29, 1.82) is 0 Å². The van der Waals surface area contributed by atoms with Crippen LogP contribution in [0.25, 0.3) is 0 Å². The summed E-state index contributed by atoms with van der Waals surface area (Å²) in [5.74, 6) is -2.08. The fourth-order valence-electron chi connectivity index (χ4n) is 0. The van der Waals surface area contributed by atoms with Gasteiger partial charge in [0, 0.05) is 0 Å². The summed E-state index contributed by atoms with van der Waals surface area (Å²) >= 11 is 20.1. The Kier molecular flexibility index (Phi) is 21.7. The molecule has 0 aliphatic carbocycles. The highest BCUT2D eigenvalue weighted by Gasteiger charge is 2.25. The van der Waals surface area contributed by atoms with Crippen molar-refractivity contribution in [2.45, 2.75) is 22.6 Å². The molecule has 0 atom stereocenters. The standard InChI is InChI=1S/C2H2Br2F2.C2H2BrF3.C2H2Cl2F2.C2H2ClF3/c4*3-1-2(4,5)6/h4*1H2. The zero-order chi connectivity index (χ0) is 20.8. The summed E-state index contributed by atoms with van der Waals surface area (Å²) in [5, 5.41) is -4.47. The molecular weight excluding hydrogens is 632 g/mol. The Morgan fingerprint density at radius 2 is 0.792 bits per heavy atom. The van der Waals surface area contributed by atoms with Crippen molar-refractivity contribution in [3.63, 3.8) is 0 Å². The lowest BCUT2D eigenvalue weighted by Crippen LogP contribution is -2.07. The van der Waals surface area contributed by atoms with Crippen molar-refractivity contribution < 1.29 is 43.9 Å². The Bertz CT molecular complexity index is 218. The Morgan fingerprint density at radius 1 is 0.625 bits per heavy atom. The van der Waals surface area contributed by atoms with E-state index < -0.39 is 39.7 Å². The third-order valence-corrected chi connectivity index (χ3v) is 3.89. The molecule has 152 valence electrons. The number of rotatable bonds is 2. The average molecular weight is 640 g/mol. The molecule has 0 aliphatic rings. The Balaban J connectivity index is -0.000000111. The molecule has 16 heteroatoms. The van der Waals surface area contributed by atoms with Gasteiger partial charge in [-0.2, -0.15) is 43.9 Å². The minimum Gasteiger partial charge on any atom is -0.193 e. The van der Waals surface area contributed by atoms with Crippen LogP contribution in [0.3, 0.4) is 0 Å². The number of halogens is 16. The summed E-state index contributed by atoms with van der Waals surface area (Å²) < 4.78 is 109. The van der Waals surface area contributed by atoms with E-state index in [4.69, 9.17) is 0 Å². The molecular formula is C8H8Br3Cl3F10. The first-order chi connectivity index (χ1) is 10.2. The first-order valence-corrected chi connectivity index (χ1v) is 9.23. The highest BCUT2D eigenvalue weighted by Crippen LogP contribution is 2.23. The second-order valence-electron chi connectivity index (χ2n) is 3.00. The first-order valence-electron chi connectivity index (χ1n) is 4.75. The van der Waals surface area contributed by atoms with Gasteiger partial charge in [0.2, 0.25) is 0 Å². The largest absolute Gasteiger partial charge is 0.402 e. The lowest BCUT2D eigenvalue weighted by molar-refractivity contribution is -0.106. The molecule has 0 unspecified atom stereocenters. The van der Waals surface area contributed by atoms with Crippen LogP contribution in [0.1, 0.15) is 0 Å². The van der Waals surface area contributed by atoms with E-state index in [1.54, 1.807) is 0 Å². The van der Waals surface area contributed by atoms with E-state index in [9.17, 15) is 43.9 Å². The van der Waals surface area contributed by atoms with Crippen molar-refractivity contribution >= 4 is 82.6 Å². The molecule has 0 aliphatic heterocycles. The predicted octanol–water partition coefficient (Wildman–Crippen LogP) is 8.16. The van der Waals surface area contributed by atoms with Crippen molar-refractivity contribution in [3.05, 3.63) is 0 Å². The van der Waals surface area contributed by atoms with Crippen LogP contribution in [0.2, 0.25) is 0 Å². The highest BCUT2D eigenvalue weighted by atomic mass is 79.9. The molecule has 0 rings (SSSR count). The van der Waals surface area contributed by atoms with E-state index in [1.807, 2.05) is 0 Å². The third kappa shape index (κ3) is 65.2. The van der Waals surface area contributed by atoms with Crippen molar-refractivity contribution in [2.24, 2.45) is 0 Å². The molecule has 0 fully saturated rings. The SMILES string of the molecule is FC(F)(Br)CBr.FC(F)(Cl)CCl.FC(F)(F)CBr.FC(F)(F)CCl. The van der Waals surface area contributed by atoms with Crippen LogP contribution in [-0.4, -0.2) is 45.0 Å². The molecule has 0 N–H and O–H groups in total. The van der Waals surface area contributed by atoms with E-state index >= 15 is 0 Å². The Hall–Kier alpha value is 1.61. The molecule has 0 radical (unpaired) electrons. The monoisotopic (exact) mass is 636 g/mol. The summed E-state index contributed by atoms with van der Waals surface area (Å²) in [7, 11) is 0. The predicted molar refractivity (Wildman–Crippen MR) is 85.8 cm³/mol. The van der Waals surface area contributed by atoms with Crippen LogP contribution in [-0.2, 0) is 0 Å². The molecule has 0 saturated heterocycles. The van der Waals surface area contributed by atoms with Crippen LogP contribution in [0.5, 0.6) is 0 Å². The zero-order valence-corrected chi connectivity index (χ0v) is 17.9. The van der Waals surface area contributed by atoms with Gasteiger partial charge in [0.1, 0.15) is 11.8 Å². The van der Waals surface area contributed by atoms with Crippen LogP contribution >= 0.6 is 82.6 Å². The third-order valence-electron chi connectivity index (χ3n) is 0.606. The molecule has 0 saturated carbocycles. The lowest BCUT2D eigenvalue weighted by atomic mass is 10.8. The second kappa shape index (κ2) is 15.6. The maximum atomic E-state index is 11.3. The Labute approximate surface area is 170 Å². The summed E-state index contributed by atoms with van der Waals surface area (Å²) in [5.41, 5.74) is 0. The van der Waals surface area contributed by atoms with E-state index in [1.165, 1.54) is 0 Å². The van der Waals surface area contributed by atoms with E-state index in [2.05, 4.69) is 82.6 Å².